The van der Waals surface area contributed by atoms with Gasteiger partial charge in [0, 0.05) is 6.61 Å². The van der Waals surface area contributed by atoms with Crippen LogP contribution in [0.3, 0.4) is 0 Å². The predicted octanol–water partition coefficient (Wildman–Crippen LogP) is 0.0894. The first-order chi connectivity index (χ1) is 5.75. The van der Waals surface area contributed by atoms with Gasteiger partial charge in [-0.05, 0) is 19.3 Å². The molecule has 0 saturated carbocycles. The summed E-state index contributed by atoms with van der Waals surface area (Å²) in [5.74, 6) is -0.609. The Balaban J connectivity index is 2.39. The lowest BCUT2D eigenvalue weighted by Gasteiger charge is -2.25. The van der Waals surface area contributed by atoms with Crippen molar-refractivity contribution in [3.63, 3.8) is 0 Å². The van der Waals surface area contributed by atoms with Crippen molar-refractivity contribution in [2.24, 2.45) is 0 Å². The van der Waals surface area contributed by atoms with Crippen LogP contribution in [-0.2, 0) is 14.3 Å². The summed E-state index contributed by atoms with van der Waals surface area (Å²) in [6.07, 6.45) is 1.25. The van der Waals surface area contributed by atoms with Gasteiger partial charge in [-0.3, -0.25) is 0 Å². The molecule has 1 rings (SSSR count). The molecule has 2 unspecified atom stereocenters. The van der Waals surface area contributed by atoms with Crippen LogP contribution in [0.5, 0.6) is 0 Å². The largest absolute Gasteiger partial charge is 0.467 e. The fourth-order valence-corrected chi connectivity index (χ4v) is 1.29. The first-order valence-corrected chi connectivity index (χ1v) is 4.13. The van der Waals surface area contributed by atoms with Gasteiger partial charge in [0.25, 0.3) is 0 Å². The zero-order valence-electron chi connectivity index (χ0n) is 7.16. The van der Waals surface area contributed by atoms with E-state index >= 15 is 0 Å². The van der Waals surface area contributed by atoms with Crippen LogP contribution in [0.2, 0.25) is 0 Å². The van der Waals surface area contributed by atoms with Gasteiger partial charge in [0.15, 0.2) is 6.10 Å². The molecular weight excluding hydrogens is 160 g/mol. The summed E-state index contributed by atoms with van der Waals surface area (Å²) in [5, 5.41) is 9.34. The molecule has 4 nitrogen and oxygen atoms in total. The molecule has 2 atom stereocenters. The van der Waals surface area contributed by atoms with Gasteiger partial charge in [-0.25, -0.2) is 4.79 Å². The molecule has 1 aliphatic heterocycles. The van der Waals surface area contributed by atoms with E-state index in [2.05, 4.69) is 4.74 Å². The molecule has 0 spiro atoms. The molecule has 1 heterocycles. The zero-order chi connectivity index (χ0) is 8.97. The number of aliphatic hydroxyl groups excluding tert-OH is 1. The highest BCUT2D eigenvalue weighted by molar-refractivity contribution is 5.74. The number of ether oxygens (including phenoxy) is 2. The molecule has 1 fully saturated rings. The fourth-order valence-electron chi connectivity index (χ4n) is 1.29. The lowest BCUT2D eigenvalue weighted by molar-refractivity contribution is -0.161. The second-order valence-corrected chi connectivity index (χ2v) is 2.87. The van der Waals surface area contributed by atoms with Crippen molar-refractivity contribution < 1.29 is 19.4 Å². The molecular formula is C8H14O4. The van der Waals surface area contributed by atoms with Crippen molar-refractivity contribution >= 4 is 5.97 Å². The molecule has 0 radical (unpaired) electrons. The quantitative estimate of drug-likeness (QED) is 0.603. The third kappa shape index (κ3) is 2.19. The van der Waals surface area contributed by atoms with Crippen LogP contribution in [-0.4, -0.2) is 37.0 Å². The van der Waals surface area contributed by atoms with Gasteiger partial charge in [0.2, 0.25) is 0 Å². The Bertz CT molecular complexity index is 151. The summed E-state index contributed by atoms with van der Waals surface area (Å²) in [4.78, 5) is 10.9. The number of aliphatic hydroxyl groups is 1. The maximum atomic E-state index is 10.9. The fraction of sp³-hybridized carbons (Fsp3) is 0.875. The van der Waals surface area contributed by atoms with E-state index in [4.69, 9.17) is 4.74 Å². The highest BCUT2D eigenvalue weighted by Crippen LogP contribution is 2.16. The normalized spacial score (nSPS) is 26.3. The van der Waals surface area contributed by atoms with Crippen LogP contribution in [0.4, 0.5) is 0 Å². The number of methoxy groups -OCH3 is 1. The molecule has 0 aliphatic carbocycles. The Morgan fingerprint density at radius 2 is 2.42 bits per heavy atom. The Labute approximate surface area is 71.5 Å². The number of hydrogen-bond donors (Lipinski definition) is 1. The monoisotopic (exact) mass is 174 g/mol. The van der Waals surface area contributed by atoms with Crippen molar-refractivity contribution in [3.8, 4) is 0 Å². The number of carbonyl (C=O) groups excluding carboxylic acids is 1. The molecule has 0 amide bonds. The Hall–Kier alpha value is -0.610. The first kappa shape index (κ1) is 9.48. The second-order valence-electron chi connectivity index (χ2n) is 2.87. The number of carbonyl (C=O) groups is 1. The van der Waals surface area contributed by atoms with Crippen LogP contribution >= 0.6 is 0 Å². The summed E-state index contributed by atoms with van der Waals surface area (Å²) in [6, 6.07) is 0. The summed E-state index contributed by atoms with van der Waals surface area (Å²) in [7, 11) is 1.26. The molecule has 0 aromatic heterocycles. The minimum atomic E-state index is -1.12. The molecule has 70 valence electrons. The van der Waals surface area contributed by atoms with Gasteiger partial charge in [0.1, 0.15) is 0 Å². The van der Waals surface area contributed by atoms with Gasteiger partial charge in [-0.2, -0.15) is 0 Å². The summed E-state index contributed by atoms with van der Waals surface area (Å²) >= 11 is 0. The maximum Gasteiger partial charge on any atom is 0.337 e. The van der Waals surface area contributed by atoms with Crippen LogP contribution in [0.25, 0.3) is 0 Å². The molecule has 0 aromatic rings. The van der Waals surface area contributed by atoms with E-state index in [-0.39, 0.29) is 6.10 Å². The van der Waals surface area contributed by atoms with Crippen LogP contribution < -0.4 is 0 Å². The first-order valence-electron chi connectivity index (χ1n) is 4.13. The van der Waals surface area contributed by atoms with E-state index in [9.17, 15) is 9.90 Å². The average Bonchev–Trinajstić information content (AvgIpc) is 2.17. The van der Waals surface area contributed by atoms with Crippen molar-refractivity contribution in [2.75, 3.05) is 13.7 Å². The average molecular weight is 174 g/mol. The van der Waals surface area contributed by atoms with Crippen molar-refractivity contribution in [3.05, 3.63) is 0 Å². The van der Waals surface area contributed by atoms with Gasteiger partial charge in [-0.15, -0.1) is 0 Å². The highest BCUT2D eigenvalue weighted by atomic mass is 16.6. The standard InChI is InChI=1S/C8H14O4/c1-11-8(10)7(9)6-4-2-3-5-12-6/h6-7,9H,2-5H2,1H3. The predicted molar refractivity (Wildman–Crippen MR) is 41.6 cm³/mol. The highest BCUT2D eigenvalue weighted by Gasteiger charge is 2.28. The third-order valence-electron chi connectivity index (χ3n) is 2.01. The molecule has 4 heteroatoms. The van der Waals surface area contributed by atoms with Crippen molar-refractivity contribution in [1.82, 2.24) is 0 Å². The van der Waals surface area contributed by atoms with E-state index in [0.717, 1.165) is 19.3 Å². The minimum Gasteiger partial charge on any atom is -0.467 e. The van der Waals surface area contributed by atoms with Crippen LogP contribution in [0.1, 0.15) is 19.3 Å². The molecule has 1 N–H and O–H groups in total. The molecule has 12 heavy (non-hydrogen) atoms. The summed E-state index contributed by atoms with van der Waals surface area (Å²) in [6.45, 7) is 0.624. The van der Waals surface area contributed by atoms with Gasteiger partial charge >= 0.3 is 5.97 Å². The van der Waals surface area contributed by atoms with Crippen molar-refractivity contribution in [1.29, 1.82) is 0 Å². The molecule has 0 bridgehead atoms. The number of rotatable bonds is 2. The van der Waals surface area contributed by atoms with E-state index in [1.54, 1.807) is 0 Å². The Morgan fingerprint density at radius 3 is 2.92 bits per heavy atom. The Morgan fingerprint density at radius 1 is 1.67 bits per heavy atom. The third-order valence-corrected chi connectivity index (χ3v) is 2.01. The van der Waals surface area contributed by atoms with E-state index in [0.29, 0.717) is 6.61 Å². The van der Waals surface area contributed by atoms with E-state index in [1.165, 1.54) is 7.11 Å². The van der Waals surface area contributed by atoms with E-state index < -0.39 is 12.1 Å². The SMILES string of the molecule is COC(=O)C(O)C1CCCCO1. The second kappa shape index (κ2) is 4.42. The van der Waals surface area contributed by atoms with Crippen molar-refractivity contribution in [2.45, 2.75) is 31.5 Å². The minimum absolute atomic E-state index is 0.369. The maximum absolute atomic E-state index is 10.9. The number of esters is 1. The topological polar surface area (TPSA) is 55.8 Å². The lowest BCUT2D eigenvalue weighted by Crippen LogP contribution is -2.38. The summed E-state index contributed by atoms with van der Waals surface area (Å²) in [5.41, 5.74) is 0. The van der Waals surface area contributed by atoms with Gasteiger partial charge < -0.3 is 14.6 Å². The summed E-state index contributed by atoms with van der Waals surface area (Å²) < 4.78 is 9.61. The van der Waals surface area contributed by atoms with Crippen LogP contribution in [0, 0.1) is 0 Å². The van der Waals surface area contributed by atoms with Gasteiger partial charge in [0.05, 0.1) is 13.2 Å². The molecule has 1 saturated heterocycles. The molecule has 1 aliphatic rings. The lowest BCUT2D eigenvalue weighted by atomic mass is 10.0. The van der Waals surface area contributed by atoms with Gasteiger partial charge in [-0.1, -0.05) is 0 Å². The Kier molecular flexibility index (Phi) is 3.49. The van der Waals surface area contributed by atoms with Crippen LogP contribution in [0.15, 0.2) is 0 Å². The molecule has 0 aromatic carbocycles. The van der Waals surface area contributed by atoms with E-state index in [1.807, 2.05) is 0 Å². The number of hydrogen-bond acceptors (Lipinski definition) is 4. The smallest absolute Gasteiger partial charge is 0.337 e. The zero-order valence-corrected chi connectivity index (χ0v) is 7.16.